The van der Waals surface area contributed by atoms with Crippen molar-refractivity contribution in [1.82, 2.24) is 10.2 Å². The molecule has 12 heteroatoms. The lowest BCUT2D eigenvalue weighted by atomic mass is 10.0. The van der Waals surface area contributed by atoms with Crippen LogP contribution in [0.5, 0.6) is 0 Å². The second-order valence-corrected chi connectivity index (χ2v) is 7.06. The van der Waals surface area contributed by atoms with Crippen molar-refractivity contribution < 1.29 is 31.1 Å². The van der Waals surface area contributed by atoms with Gasteiger partial charge in [-0.3, -0.25) is 10.1 Å². The van der Waals surface area contributed by atoms with Crippen LogP contribution in [0.3, 0.4) is 0 Å². The Morgan fingerprint density at radius 2 is 1.59 bits per heavy atom. The van der Waals surface area contributed by atoms with Gasteiger partial charge < -0.3 is 0 Å². The standard InChI is InChI=1S/C15H7F6N3OS2/c16-14(17,18)8-4-7(5-9(6-8)15(19,20)21)11(25)22-13-24-23-12(27-13)10-2-1-3-26-10/h1-6H,(H,22,24,25). The predicted molar refractivity (Wildman–Crippen MR) is 87.6 cm³/mol. The maximum absolute atomic E-state index is 12.9. The number of benzene rings is 1. The van der Waals surface area contributed by atoms with Crippen LogP contribution in [0.1, 0.15) is 21.5 Å². The molecule has 4 nitrogen and oxygen atoms in total. The van der Waals surface area contributed by atoms with E-state index in [9.17, 15) is 31.1 Å². The highest BCUT2D eigenvalue weighted by atomic mass is 32.1. The number of aromatic nitrogens is 2. The second-order valence-electron chi connectivity index (χ2n) is 5.14. The number of carbonyl (C=O) groups is 1. The average Bonchev–Trinajstić information content (AvgIpc) is 3.23. The highest BCUT2D eigenvalue weighted by Gasteiger charge is 2.37. The molecule has 0 unspecified atom stereocenters. The number of nitrogens with one attached hydrogen (secondary N) is 1. The smallest absolute Gasteiger partial charge is 0.296 e. The van der Waals surface area contributed by atoms with Crippen LogP contribution in [0.4, 0.5) is 31.5 Å². The minimum atomic E-state index is -5.04. The molecule has 1 N–H and O–H groups in total. The van der Waals surface area contributed by atoms with E-state index in [0.29, 0.717) is 17.1 Å². The van der Waals surface area contributed by atoms with Crippen LogP contribution < -0.4 is 5.32 Å². The van der Waals surface area contributed by atoms with Gasteiger partial charge in [-0.15, -0.1) is 21.5 Å². The fraction of sp³-hybridized carbons (Fsp3) is 0.133. The van der Waals surface area contributed by atoms with Crippen molar-refractivity contribution in [3.8, 4) is 9.88 Å². The second kappa shape index (κ2) is 6.93. The topological polar surface area (TPSA) is 54.9 Å². The molecule has 1 amide bonds. The molecule has 0 saturated heterocycles. The number of rotatable bonds is 3. The van der Waals surface area contributed by atoms with Gasteiger partial charge in [0.15, 0.2) is 5.01 Å². The zero-order valence-corrected chi connectivity index (χ0v) is 14.5. The molecule has 0 aliphatic carbocycles. The molecular weight excluding hydrogens is 416 g/mol. The first kappa shape index (κ1) is 19.3. The fourth-order valence-corrected chi connectivity index (χ4v) is 3.56. The molecule has 142 valence electrons. The Hall–Kier alpha value is -2.47. The highest BCUT2D eigenvalue weighted by Crippen LogP contribution is 2.36. The third kappa shape index (κ3) is 4.45. The molecule has 2 aromatic heterocycles. The van der Waals surface area contributed by atoms with Crippen LogP contribution in [-0.2, 0) is 12.4 Å². The van der Waals surface area contributed by atoms with E-state index in [-0.39, 0.29) is 11.2 Å². The number of hydrogen-bond acceptors (Lipinski definition) is 5. The van der Waals surface area contributed by atoms with Gasteiger partial charge in [0.25, 0.3) is 5.91 Å². The molecule has 0 aliphatic heterocycles. The summed E-state index contributed by atoms with van der Waals surface area (Å²) >= 11 is 2.30. The Labute approximate surface area is 155 Å². The molecular formula is C15H7F6N3OS2. The maximum atomic E-state index is 12.9. The third-order valence-corrected chi connectivity index (χ3v) is 5.11. The van der Waals surface area contributed by atoms with Crippen LogP contribution in [-0.4, -0.2) is 16.1 Å². The number of halogens is 6. The highest BCUT2D eigenvalue weighted by molar-refractivity contribution is 7.23. The third-order valence-electron chi connectivity index (χ3n) is 3.23. The molecule has 2 heterocycles. The van der Waals surface area contributed by atoms with Crippen molar-refractivity contribution in [1.29, 1.82) is 0 Å². The Bertz CT molecular complexity index is 931. The SMILES string of the molecule is O=C(Nc1nnc(-c2cccs2)s1)c1cc(C(F)(F)F)cc(C(F)(F)F)c1. The number of thiophene rings is 1. The number of nitrogens with zero attached hydrogens (tertiary/aromatic N) is 2. The Balaban J connectivity index is 1.90. The van der Waals surface area contributed by atoms with Crippen molar-refractivity contribution in [2.24, 2.45) is 0 Å². The molecule has 0 saturated carbocycles. The van der Waals surface area contributed by atoms with E-state index < -0.39 is 35.0 Å². The summed E-state index contributed by atoms with van der Waals surface area (Å²) in [6.45, 7) is 0. The molecule has 0 bridgehead atoms. The quantitative estimate of drug-likeness (QED) is 0.562. The van der Waals surface area contributed by atoms with Gasteiger partial charge in [-0.2, -0.15) is 26.3 Å². The number of carbonyl (C=O) groups excluding carboxylic acids is 1. The number of alkyl halides is 6. The van der Waals surface area contributed by atoms with E-state index >= 15 is 0 Å². The van der Waals surface area contributed by atoms with Crippen LogP contribution in [0.2, 0.25) is 0 Å². The van der Waals surface area contributed by atoms with Crippen LogP contribution >= 0.6 is 22.7 Å². The Morgan fingerprint density at radius 1 is 0.963 bits per heavy atom. The van der Waals surface area contributed by atoms with Gasteiger partial charge in [-0.05, 0) is 29.6 Å². The summed E-state index contributed by atoms with van der Waals surface area (Å²) in [6.07, 6.45) is -10.1. The molecule has 0 spiro atoms. The van der Waals surface area contributed by atoms with Gasteiger partial charge in [0, 0.05) is 5.56 Å². The van der Waals surface area contributed by atoms with Gasteiger partial charge >= 0.3 is 12.4 Å². The van der Waals surface area contributed by atoms with Crippen molar-refractivity contribution in [2.75, 3.05) is 5.32 Å². The van der Waals surface area contributed by atoms with Crippen molar-refractivity contribution in [3.63, 3.8) is 0 Å². The van der Waals surface area contributed by atoms with Gasteiger partial charge in [0.2, 0.25) is 5.13 Å². The van der Waals surface area contributed by atoms with Crippen LogP contribution in [0.25, 0.3) is 9.88 Å². The normalized spacial score (nSPS) is 12.2. The van der Waals surface area contributed by atoms with Crippen LogP contribution in [0.15, 0.2) is 35.7 Å². The monoisotopic (exact) mass is 423 g/mol. The van der Waals surface area contributed by atoms with Gasteiger partial charge in [0.1, 0.15) is 0 Å². The van der Waals surface area contributed by atoms with E-state index in [4.69, 9.17) is 0 Å². The van der Waals surface area contributed by atoms with E-state index in [0.717, 1.165) is 16.2 Å². The maximum Gasteiger partial charge on any atom is 0.416 e. The first-order valence-electron chi connectivity index (χ1n) is 7.02. The molecule has 3 aromatic rings. The summed E-state index contributed by atoms with van der Waals surface area (Å²) < 4.78 is 77.2. The minimum Gasteiger partial charge on any atom is -0.296 e. The summed E-state index contributed by atoms with van der Waals surface area (Å²) in [7, 11) is 0. The molecule has 1 aromatic carbocycles. The summed E-state index contributed by atoms with van der Waals surface area (Å²) in [5, 5.41) is 11.9. The lowest BCUT2D eigenvalue weighted by Gasteiger charge is -2.13. The van der Waals surface area contributed by atoms with Gasteiger partial charge in [0.05, 0.1) is 16.0 Å². The average molecular weight is 423 g/mol. The van der Waals surface area contributed by atoms with Gasteiger partial charge in [-0.1, -0.05) is 17.4 Å². The van der Waals surface area contributed by atoms with Crippen molar-refractivity contribution in [2.45, 2.75) is 12.4 Å². The molecule has 0 atom stereocenters. The van der Waals surface area contributed by atoms with Gasteiger partial charge in [-0.25, -0.2) is 0 Å². The number of anilines is 1. The number of hydrogen-bond donors (Lipinski definition) is 1. The predicted octanol–water partition coefficient (Wildman–Crippen LogP) is 5.56. The zero-order chi connectivity index (χ0) is 19.8. The molecule has 0 radical (unpaired) electrons. The van der Waals surface area contributed by atoms with Crippen molar-refractivity contribution in [3.05, 3.63) is 52.4 Å². The Morgan fingerprint density at radius 3 is 2.11 bits per heavy atom. The summed E-state index contributed by atoms with van der Waals surface area (Å²) in [6, 6.07) is 4.17. The first-order valence-corrected chi connectivity index (χ1v) is 8.72. The van der Waals surface area contributed by atoms with E-state index in [1.807, 2.05) is 0 Å². The number of amides is 1. The molecule has 0 fully saturated rings. The van der Waals surface area contributed by atoms with E-state index in [2.05, 4.69) is 15.5 Å². The van der Waals surface area contributed by atoms with Crippen LogP contribution in [0, 0.1) is 0 Å². The minimum absolute atomic E-state index is 0.0450. The summed E-state index contributed by atoms with van der Waals surface area (Å²) in [5.74, 6) is -1.15. The Kier molecular flexibility index (Phi) is 4.95. The lowest BCUT2D eigenvalue weighted by Crippen LogP contribution is -2.17. The largest absolute Gasteiger partial charge is 0.416 e. The molecule has 0 aliphatic rings. The van der Waals surface area contributed by atoms with E-state index in [1.165, 1.54) is 11.3 Å². The summed E-state index contributed by atoms with van der Waals surface area (Å²) in [5.41, 5.74) is -3.93. The summed E-state index contributed by atoms with van der Waals surface area (Å²) in [4.78, 5) is 12.9. The fourth-order valence-electron chi connectivity index (χ4n) is 2.03. The zero-order valence-electron chi connectivity index (χ0n) is 12.9. The lowest BCUT2D eigenvalue weighted by molar-refractivity contribution is -0.143. The molecule has 27 heavy (non-hydrogen) atoms. The van der Waals surface area contributed by atoms with E-state index in [1.54, 1.807) is 17.5 Å². The molecule has 3 rings (SSSR count). The van der Waals surface area contributed by atoms with Crippen molar-refractivity contribution >= 4 is 33.7 Å². The first-order chi connectivity index (χ1) is 12.5.